The number of aliphatic hydroxyl groups is 1. The van der Waals surface area contributed by atoms with Gasteiger partial charge < -0.3 is 19.3 Å². The molecule has 2 aliphatic carbocycles. The molecule has 6 nitrogen and oxygen atoms in total. The third-order valence-electron chi connectivity index (χ3n) is 6.68. The quantitative estimate of drug-likeness (QED) is 0.523. The van der Waals surface area contributed by atoms with Gasteiger partial charge in [-0.2, -0.15) is 0 Å². The lowest BCUT2D eigenvalue weighted by Crippen LogP contribution is -2.59. The molecule has 1 N–H and O–H groups in total. The zero-order valence-electron chi connectivity index (χ0n) is 12.5. The second-order valence-corrected chi connectivity index (χ2v) is 7.71. The van der Waals surface area contributed by atoms with Crippen LogP contribution in [-0.4, -0.2) is 41.1 Å². The lowest BCUT2D eigenvalue weighted by molar-refractivity contribution is -0.179. The van der Waals surface area contributed by atoms with Gasteiger partial charge in [0.1, 0.15) is 12.2 Å². The second kappa shape index (κ2) is 3.41. The average Bonchev–Trinajstić information content (AvgIpc) is 3.11. The molecule has 0 radical (unpaired) electrons. The van der Waals surface area contributed by atoms with Crippen LogP contribution in [-0.2, 0) is 23.8 Å². The lowest BCUT2D eigenvalue weighted by Gasteiger charge is -2.53. The number of aliphatic hydroxyl groups excluding tert-OH is 1. The van der Waals surface area contributed by atoms with Gasteiger partial charge in [0.05, 0.1) is 5.41 Å². The maximum atomic E-state index is 12.5. The first-order valence-electron chi connectivity index (χ1n) is 7.84. The van der Waals surface area contributed by atoms with E-state index in [2.05, 4.69) is 6.92 Å². The van der Waals surface area contributed by atoms with Crippen LogP contribution < -0.4 is 0 Å². The number of carbonyl (C=O) groups excluding carboxylic acids is 2. The predicted molar refractivity (Wildman–Crippen MR) is 71.2 cm³/mol. The van der Waals surface area contributed by atoms with E-state index in [1.807, 2.05) is 6.92 Å². The van der Waals surface area contributed by atoms with E-state index in [9.17, 15) is 14.7 Å². The standard InChI is InChI=1S/C16H18O6/c1-14-4-3-5-15(2)10(14)9(21-12(15)18)11-16(22-11)7(14)6-8(17)20-13(16)19/h6,9-11,13,19H,3-5H2,1-2H3/t9?,10-,11-,13?,14-,15+,16+/m1/s1. The molecule has 3 aliphatic heterocycles. The molecule has 2 saturated carbocycles. The van der Waals surface area contributed by atoms with Crippen molar-refractivity contribution in [1.29, 1.82) is 0 Å². The van der Waals surface area contributed by atoms with Crippen molar-refractivity contribution in [1.82, 2.24) is 0 Å². The van der Waals surface area contributed by atoms with Crippen LogP contribution in [0, 0.1) is 16.7 Å². The van der Waals surface area contributed by atoms with E-state index in [-0.39, 0.29) is 18.0 Å². The molecular weight excluding hydrogens is 288 g/mol. The van der Waals surface area contributed by atoms with Crippen LogP contribution in [0.2, 0.25) is 0 Å². The number of carbonyl (C=O) groups is 2. The summed E-state index contributed by atoms with van der Waals surface area (Å²) in [5, 5.41) is 10.3. The van der Waals surface area contributed by atoms with Crippen molar-refractivity contribution in [3.8, 4) is 0 Å². The molecule has 5 aliphatic rings. The number of fused-ring (bicyclic) bond motifs is 2. The summed E-state index contributed by atoms with van der Waals surface area (Å²) < 4.78 is 16.5. The highest BCUT2D eigenvalue weighted by Crippen LogP contribution is 2.72. The Balaban J connectivity index is 1.75. The van der Waals surface area contributed by atoms with Crippen LogP contribution in [0.3, 0.4) is 0 Å². The first-order valence-corrected chi connectivity index (χ1v) is 7.84. The summed E-state index contributed by atoms with van der Waals surface area (Å²) >= 11 is 0. The SMILES string of the molecule is C[C@@]12CCC[C@]3(C)C4=CC(=O)OC(O)[C@]45O[C@@H]5C(OC1=O)[C@@H]23. The van der Waals surface area contributed by atoms with E-state index in [0.29, 0.717) is 0 Å². The monoisotopic (exact) mass is 306 g/mol. The highest BCUT2D eigenvalue weighted by Gasteiger charge is 2.83. The molecule has 118 valence electrons. The minimum absolute atomic E-state index is 0.0220. The van der Waals surface area contributed by atoms with Crippen LogP contribution in [0.5, 0.6) is 0 Å². The summed E-state index contributed by atoms with van der Waals surface area (Å²) in [6.45, 7) is 4.03. The van der Waals surface area contributed by atoms with E-state index in [1.165, 1.54) is 6.08 Å². The molecule has 2 saturated heterocycles. The molecule has 22 heavy (non-hydrogen) atoms. The van der Waals surface area contributed by atoms with E-state index in [0.717, 1.165) is 24.8 Å². The number of hydrogen-bond acceptors (Lipinski definition) is 6. The summed E-state index contributed by atoms with van der Waals surface area (Å²) in [6.07, 6.45) is 1.89. The minimum Gasteiger partial charge on any atom is -0.459 e. The Kier molecular flexibility index (Phi) is 2.03. The number of epoxide rings is 1. The van der Waals surface area contributed by atoms with Crippen LogP contribution in [0.25, 0.3) is 0 Å². The Morgan fingerprint density at radius 2 is 1.91 bits per heavy atom. The fourth-order valence-electron chi connectivity index (χ4n) is 5.77. The molecule has 0 aromatic rings. The van der Waals surface area contributed by atoms with Gasteiger partial charge in [0.25, 0.3) is 0 Å². The molecule has 3 heterocycles. The highest BCUT2D eigenvalue weighted by atomic mass is 16.7. The van der Waals surface area contributed by atoms with Gasteiger partial charge in [0.15, 0.2) is 5.60 Å². The summed E-state index contributed by atoms with van der Waals surface area (Å²) in [6, 6.07) is 0. The zero-order valence-corrected chi connectivity index (χ0v) is 12.5. The van der Waals surface area contributed by atoms with Gasteiger partial charge in [-0.25, -0.2) is 4.79 Å². The molecule has 0 amide bonds. The van der Waals surface area contributed by atoms with Crippen LogP contribution in [0.1, 0.15) is 33.1 Å². The van der Waals surface area contributed by atoms with Crippen molar-refractivity contribution < 1.29 is 28.9 Å². The molecule has 7 atom stereocenters. The number of ether oxygens (including phenoxy) is 3. The smallest absolute Gasteiger partial charge is 0.333 e. The largest absolute Gasteiger partial charge is 0.459 e. The summed E-state index contributed by atoms with van der Waals surface area (Å²) in [7, 11) is 0. The number of esters is 2. The van der Waals surface area contributed by atoms with Gasteiger partial charge >= 0.3 is 11.9 Å². The van der Waals surface area contributed by atoms with Crippen molar-refractivity contribution in [3.05, 3.63) is 11.6 Å². The molecule has 2 unspecified atom stereocenters. The van der Waals surface area contributed by atoms with Crippen LogP contribution in [0.15, 0.2) is 11.6 Å². The Morgan fingerprint density at radius 3 is 2.68 bits per heavy atom. The molecule has 0 aromatic heterocycles. The first kappa shape index (κ1) is 13.1. The van der Waals surface area contributed by atoms with Crippen LogP contribution in [0.4, 0.5) is 0 Å². The number of rotatable bonds is 0. The third kappa shape index (κ3) is 1.12. The van der Waals surface area contributed by atoms with Crippen LogP contribution >= 0.6 is 0 Å². The summed E-state index contributed by atoms with van der Waals surface area (Å²) in [5.74, 6) is -0.745. The Labute approximate surface area is 127 Å². The lowest BCUT2D eigenvalue weighted by atomic mass is 9.48. The molecule has 1 spiro atoms. The fourth-order valence-corrected chi connectivity index (χ4v) is 5.77. The van der Waals surface area contributed by atoms with E-state index in [1.54, 1.807) is 0 Å². The van der Waals surface area contributed by atoms with Gasteiger partial charge in [-0.1, -0.05) is 13.3 Å². The van der Waals surface area contributed by atoms with Crippen molar-refractivity contribution in [2.24, 2.45) is 16.7 Å². The van der Waals surface area contributed by atoms with Gasteiger partial charge in [-0.3, -0.25) is 4.79 Å². The molecular formula is C16H18O6. The predicted octanol–water partition coefficient (Wildman–Crippen LogP) is 0.677. The second-order valence-electron chi connectivity index (χ2n) is 7.71. The topological polar surface area (TPSA) is 85.4 Å². The minimum atomic E-state index is -1.32. The zero-order chi connectivity index (χ0) is 15.5. The molecule has 0 aromatic carbocycles. The van der Waals surface area contributed by atoms with Crippen molar-refractivity contribution in [2.75, 3.05) is 0 Å². The van der Waals surface area contributed by atoms with Crippen molar-refractivity contribution in [3.63, 3.8) is 0 Å². The Morgan fingerprint density at radius 1 is 1.18 bits per heavy atom. The molecule has 5 rings (SSSR count). The maximum absolute atomic E-state index is 12.5. The van der Waals surface area contributed by atoms with Gasteiger partial charge in [0, 0.05) is 12.0 Å². The highest BCUT2D eigenvalue weighted by molar-refractivity contribution is 5.87. The van der Waals surface area contributed by atoms with Crippen molar-refractivity contribution in [2.45, 2.75) is 57.2 Å². The summed E-state index contributed by atoms with van der Waals surface area (Å²) in [5.41, 5.74) is -1.15. The van der Waals surface area contributed by atoms with E-state index < -0.39 is 34.8 Å². The van der Waals surface area contributed by atoms with E-state index in [4.69, 9.17) is 14.2 Å². The Hall–Kier alpha value is -1.40. The van der Waals surface area contributed by atoms with Gasteiger partial charge in [0.2, 0.25) is 6.29 Å². The fraction of sp³-hybridized carbons (Fsp3) is 0.750. The normalized spacial score (nSPS) is 57.9. The number of hydrogen-bond donors (Lipinski definition) is 1. The summed E-state index contributed by atoms with van der Waals surface area (Å²) in [4.78, 5) is 24.3. The molecule has 4 fully saturated rings. The van der Waals surface area contributed by atoms with Gasteiger partial charge in [-0.15, -0.1) is 0 Å². The first-order chi connectivity index (χ1) is 10.3. The third-order valence-corrected chi connectivity index (χ3v) is 6.68. The Bertz CT molecular complexity index is 655. The van der Waals surface area contributed by atoms with Gasteiger partial charge in [-0.05, 0) is 30.8 Å². The number of cyclic esters (lactones) is 1. The maximum Gasteiger partial charge on any atom is 0.333 e. The van der Waals surface area contributed by atoms with E-state index >= 15 is 0 Å². The van der Waals surface area contributed by atoms with Crippen molar-refractivity contribution >= 4 is 11.9 Å². The molecule has 6 heteroatoms. The molecule has 0 bridgehead atoms. The average molecular weight is 306 g/mol.